The molecular weight excluding hydrogens is 142 g/mol. The van der Waals surface area contributed by atoms with E-state index in [4.69, 9.17) is 5.73 Å². The van der Waals surface area contributed by atoms with Crippen LogP contribution in [0.1, 0.15) is 6.92 Å². The van der Waals surface area contributed by atoms with Crippen LogP contribution in [0.5, 0.6) is 0 Å². The van der Waals surface area contributed by atoms with E-state index in [1.165, 1.54) is 0 Å². The van der Waals surface area contributed by atoms with Crippen LogP contribution in [0, 0.1) is 0 Å². The third-order valence-corrected chi connectivity index (χ3v) is 2.47. The molecule has 1 unspecified atom stereocenters. The maximum Gasteiger partial charge on any atom is 0.238 e. The van der Waals surface area contributed by atoms with Gasteiger partial charge in [0.1, 0.15) is 5.54 Å². The second-order valence-corrected chi connectivity index (χ2v) is 3.24. The van der Waals surface area contributed by atoms with E-state index in [0.29, 0.717) is 6.54 Å². The first-order valence-electron chi connectivity index (χ1n) is 3.79. The summed E-state index contributed by atoms with van der Waals surface area (Å²) >= 11 is 0. The van der Waals surface area contributed by atoms with Gasteiger partial charge < -0.3 is 11.1 Å². The monoisotopic (exact) mass is 157 g/mol. The van der Waals surface area contributed by atoms with Gasteiger partial charge in [0.25, 0.3) is 0 Å². The number of amides is 1. The van der Waals surface area contributed by atoms with Crippen molar-refractivity contribution in [2.75, 3.05) is 26.7 Å². The Morgan fingerprint density at radius 3 is 2.73 bits per heavy atom. The quantitative estimate of drug-likeness (QED) is 0.501. The summed E-state index contributed by atoms with van der Waals surface area (Å²) in [5.41, 5.74) is 4.77. The molecule has 64 valence electrons. The van der Waals surface area contributed by atoms with Gasteiger partial charge >= 0.3 is 0 Å². The van der Waals surface area contributed by atoms with E-state index >= 15 is 0 Å². The fourth-order valence-electron chi connectivity index (χ4n) is 1.24. The molecule has 4 heteroatoms. The normalized spacial score (nSPS) is 33.6. The lowest BCUT2D eigenvalue weighted by molar-refractivity contribution is -0.129. The molecule has 0 aromatic carbocycles. The summed E-state index contributed by atoms with van der Waals surface area (Å²) in [6.45, 7) is 4.32. The van der Waals surface area contributed by atoms with Crippen LogP contribution in [-0.4, -0.2) is 43.0 Å². The minimum atomic E-state index is -0.502. The molecule has 0 aromatic rings. The highest BCUT2D eigenvalue weighted by Crippen LogP contribution is 2.13. The van der Waals surface area contributed by atoms with Crippen LogP contribution < -0.4 is 11.1 Å². The largest absolute Gasteiger partial charge is 0.368 e. The molecule has 11 heavy (non-hydrogen) atoms. The van der Waals surface area contributed by atoms with Crippen LogP contribution in [-0.2, 0) is 4.79 Å². The molecule has 4 nitrogen and oxygen atoms in total. The summed E-state index contributed by atoms with van der Waals surface area (Å²) in [6, 6.07) is 0. The number of rotatable bonds is 1. The van der Waals surface area contributed by atoms with Gasteiger partial charge in [-0.1, -0.05) is 0 Å². The summed E-state index contributed by atoms with van der Waals surface area (Å²) in [5.74, 6) is -0.257. The second-order valence-electron chi connectivity index (χ2n) is 3.24. The average Bonchev–Trinajstić information content (AvgIpc) is 1.95. The van der Waals surface area contributed by atoms with E-state index in [9.17, 15) is 4.79 Å². The lowest BCUT2D eigenvalue weighted by atomic mass is 9.97. The predicted octanol–water partition coefficient (Wildman–Crippen LogP) is -1.23. The molecule has 0 aromatic heterocycles. The molecule has 0 saturated carbocycles. The predicted molar refractivity (Wildman–Crippen MR) is 43.1 cm³/mol. The Morgan fingerprint density at radius 2 is 2.36 bits per heavy atom. The van der Waals surface area contributed by atoms with E-state index in [1.54, 1.807) is 0 Å². The van der Waals surface area contributed by atoms with E-state index < -0.39 is 5.54 Å². The van der Waals surface area contributed by atoms with Crippen molar-refractivity contribution in [3.63, 3.8) is 0 Å². The summed E-state index contributed by atoms with van der Waals surface area (Å²) < 4.78 is 0. The first-order valence-corrected chi connectivity index (χ1v) is 3.79. The van der Waals surface area contributed by atoms with E-state index in [0.717, 1.165) is 13.1 Å². The van der Waals surface area contributed by atoms with Crippen molar-refractivity contribution in [1.82, 2.24) is 10.2 Å². The highest BCUT2D eigenvalue weighted by Gasteiger charge is 2.37. The number of carbonyl (C=O) groups excluding carboxylic acids is 1. The number of nitrogens with two attached hydrogens (primary N) is 1. The molecule has 1 aliphatic rings. The second kappa shape index (κ2) is 2.79. The van der Waals surface area contributed by atoms with Crippen LogP contribution in [0.2, 0.25) is 0 Å². The molecule has 1 fully saturated rings. The zero-order chi connectivity index (χ0) is 8.48. The molecule has 0 radical (unpaired) electrons. The molecule has 0 spiro atoms. The highest BCUT2D eigenvalue weighted by molar-refractivity contribution is 5.84. The number of nitrogens with one attached hydrogen (secondary N) is 1. The van der Waals surface area contributed by atoms with Crippen molar-refractivity contribution in [3.8, 4) is 0 Å². The molecule has 1 aliphatic heterocycles. The van der Waals surface area contributed by atoms with Gasteiger partial charge in [0.15, 0.2) is 0 Å². The van der Waals surface area contributed by atoms with E-state index in [1.807, 2.05) is 18.9 Å². The van der Waals surface area contributed by atoms with Crippen LogP contribution in [0.4, 0.5) is 0 Å². The van der Waals surface area contributed by atoms with Gasteiger partial charge in [0, 0.05) is 19.6 Å². The fraction of sp³-hybridized carbons (Fsp3) is 0.857. The topological polar surface area (TPSA) is 58.4 Å². The Kier molecular flexibility index (Phi) is 2.15. The maximum atomic E-state index is 11.0. The van der Waals surface area contributed by atoms with Gasteiger partial charge in [0.05, 0.1) is 0 Å². The van der Waals surface area contributed by atoms with E-state index in [2.05, 4.69) is 5.32 Å². The Morgan fingerprint density at radius 1 is 1.73 bits per heavy atom. The molecule has 0 aliphatic carbocycles. The van der Waals surface area contributed by atoms with Crippen LogP contribution in [0.3, 0.4) is 0 Å². The fourth-order valence-corrected chi connectivity index (χ4v) is 1.24. The number of nitrogens with zero attached hydrogens (tertiary/aromatic N) is 1. The van der Waals surface area contributed by atoms with Crippen molar-refractivity contribution in [3.05, 3.63) is 0 Å². The molecule has 0 bridgehead atoms. The number of piperazine rings is 1. The molecule has 1 saturated heterocycles. The highest BCUT2D eigenvalue weighted by atomic mass is 16.1. The standard InChI is InChI=1S/C7H15N3O/c1-7(6(8)11)5-9-3-4-10(7)2/h9H,3-5H2,1-2H3,(H2,8,11). The number of hydrogen-bond donors (Lipinski definition) is 2. The molecule has 1 amide bonds. The number of primary amides is 1. The van der Waals surface area contributed by atoms with Crippen LogP contribution in [0.25, 0.3) is 0 Å². The first kappa shape index (κ1) is 8.49. The smallest absolute Gasteiger partial charge is 0.238 e. The lowest BCUT2D eigenvalue weighted by Gasteiger charge is -2.40. The van der Waals surface area contributed by atoms with Gasteiger partial charge in [-0.05, 0) is 14.0 Å². The number of hydrogen-bond acceptors (Lipinski definition) is 3. The molecular formula is C7H15N3O. The van der Waals surface area contributed by atoms with Crippen LogP contribution >= 0.6 is 0 Å². The van der Waals surface area contributed by atoms with Gasteiger partial charge in [-0.25, -0.2) is 0 Å². The molecule has 1 atom stereocenters. The lowest BCUT2D eigenvalue weighted by Crippen LogP contribution is -2.64. The van der Waals surface area contributed by atoms with Gasteiger partial charge in [-0.2, -0.15) is 0 Å². The van der Waals surface area contributed by atoms with E-state index in [-0.39, 0.29) is 5.91 Å². The van der Waals surface area contributed by atoms with Crippen LogP contribution in [0.15, 0.2) is 0 Å². The Bertz CT molecular complexity index is 171. The molecule has 1 heterocycles. The third kappa shape index (κ3) is 1.36. The summed E-state index contributed by atoms with van der Waals surface area (Å²) in [7, 11) is 1.92. The van der Waals surface area contributed by atoms with Crippen molar-refractivity contribution in [2.24, 2.45) is 5.73 Å². The van der Waals surface area contributed by atoms with Crippen molar-refractivity contribution in [1.29, 1.82) is 0 Å². The average molecular weight is 157 g/mol. The Labute approximate surface area is 66.7 Å². The summed E-state index contributed by atoms with van der Waals surface area (Å²) in [4.78, 5) is 13.0. The minimum absolute atomic E-state index is 0.257. The summed E-state index contributed by atoms with van der Waals surface area (Å²) in [5, 5.41) is 3.14. The van der Waals surface area contributed by atoms with Gasteiger partial charge in [-0.3, -0.25) is 9.69 Å². The number of likely N-dealkylation sites (N-methyl/N-ethyl adjacent to an activating group) is 1. The van der Waals surface area contributed by atoms with Crippen molar-refractivity contribution < 1.29 is 4.79 Å². The zero-order valence-corrected chi connectivity index (χ0v) is 7.05. The summed E-state index contributed by atoms with van der Waals surface area (Å²) in [6.07, 6.45) is 0. The molecule has 3 N–H and O–H groups in total. The zero-order valence-electron chi connectivity index (χ0n) is 7.05. The van der Waals surface area contributed by atoms with Crippen molar-refractivity contribution >= 4 is 5.91 Å². The van der Waals surface area contributed by atoms with Gasteiger partial charge in [-0.15, -0.1) is 0 Å². The first-order chi connectivity index (χ1) is 5.07. The maximum absolute atomic E-state index is 11.0. The van der Waals surface area contributed by atoms with Crippen molar-refractivity contribution in [2.45, 2.75) is 12.5 Å². The number of carbonyl (C=O) groups is 1. The minimum Gasteiger partial charge on any atom is -0.368 e. The Balaban J connectivity index is 2.72. The third-order valence-electron chi connectivity index (χ3n) is 2.47. The SMILES string of the molecule is CN1CCNCC1(C)C(N)=O. The molecule has 1 rings (SSSR count). The van der Waals surface area contributed by atoms with Gasteiger partial charge in [0.2, 0.25) is 5.91 Å². The Hall–Kier alpha value is -0.610.